The van der Waals surface area contributed by atoms with Crippen LogP contribution in [0.15, 0.2) is 23.2 Å². The van der Waals surface area contributed by atoms with Gasteiger partial charge in [0.1, 0.15) is 5.82 Å². The highest BCUT2D eigenvalue weighted by Gasteiger charge is 2.33. The highest BCUT2D eigenvalue weighted by molar-refractivity contribution is 5.78. The van der Waals surface area contributed by atoms with E-state index in [0.29, 0.717) is 6.07 Å². The van der Waals surface area contributed by atoms with Gasteiger partial charge in [0.2, 0.25) is 0 Å². The summed E-state index contributed by atoms with van der Waals surface area (Å²) in [7, 11) is 0. The van der Waals surface area contributed by atoms with Gasteiger partial charge in [0.25, 0.3) is 0 Å². The monoisotopic (exact) mass is 275 g/mol. The second kappa shape index (κ2) is 5.07. The van der Waals surface area contributed by atoms with Crippen LogP contribution in [0.25, 0.3) is 0 Å². The maximum atomic E-state index is 12.9. The zero-order valence-corrected chi connectivity index (χ0v) is 9.97. The molecule has 1 aromatic carbocycles. The predicted molar refractivity (Wildman–Crippen MR) is 62.9 cm³/mol. The Morgan fingerprint density at radius 3 is 2.63 bits per heavy atom. The number of benzene rings is 1. The second-order valence-electron chi connectivity index (χ2n) is 4.42. The Morgan fingerprint density at radius 1 is 1.37 bits per heavy atom. The molecular weight excluding hydrogens is 262 g/mol. The van der Waals surface area contributed by atoms with Gasteiger partial charge in [0.15, 0.2) is 5.96 Å². The van der Waals surface area contributed by atoms with Crippen molar-refractivity contribution in [3.63, 3.8) is 0 Å². The van der Waals surface area contributed by atoms with Crippen molar-refractivity contribution < 1.29 is 17.6 Å². The predicted octanol–water partition coefficient (Wildman–Crippen LogP) is 2.41. The fourth-order valence-corrected chi connectivity index (χ4v) is 1.60. The number of hydrogen-bond donors (Lipinski definition) is 2. The van der Waals surface area contributed by atoms with Crippen LogP contribution in [-0.2, 0) is 12.7 Å². The molecule has 0 heterocycles. The first-order valence-electron chi connectivity index (χ1n) is 5.78. The lowest BCUT2D eigenvalue weighted by Crippen LogP contribution is -2.33. The van der Waals surface area contributed by atoms with E-state index in [9.17, 15) is 17.6 Å². The van der Waals surface area contributed by atoms with E-state index >= 15 is 0 Å². The molecule has 1 aliphatic carbocycles. The van der Waals surface area contributed by atoms with Crippen LogP contribution in [0.2, 0.25) is 0 Å². The van der Waals surface area contributed by atoms with Gasteiger partial charge in [0, 0.05) is 6.04 Å². The van der Waals surface area contributed by atoms with Gasteiger partial charge < -0.3 is 11.1 Å². The molecule has 3 nitrogen and oxygen atoms in total. The average Bonchev–Trinajstić information content (AvgIpc) is 3.10. The Morgan fingerprint density at radius 2 is 2.05 bits per heavy atom. The van der Waals surface area contributed by atoms with Gasteiger partial charge in [-0.05, 0) is 30.5 Å². The Hall–Kier alpha value is -1.79. The quantitative estimate of drug-likeness (QED) is 0.505. The highest BCUT2D eigenvalue weighted by Crippen LogP contribution is 2.32. The molecule has 0 aliphatic heterocycles. The first-order chi connectivity index (χ1) is 8.86. The van der Waals surface area contributed by atoms with Crippen molar-refractivity contribution in [1.82, 2.24) is 5.32 Å². The zero-order chi connectivity index (χ0) is 14.0. The van der Waals surface area contributed by atoms with Gasteiger partial charge in [-0.1, -0.05) is 6.07 Å². The lowest BCUT2D eigenvalue weighted by atomic mass is 10.1. The summed E-state index contributed by atoms with van der Waals surface area (Å²) < 4.78 is 51.0. The van der Waals surface area contributed by atoms with Crippen molar-refractivity contribution in [2.75, 3.05) is 0 Å². The van der Waals surface area contributed by atoms with E-state index in [1.165, 1.54) is 0 Å². The fraction of sp³-hybridized carbons (Fsp3) is 0.417. The summed E-state index contributed by atoms with van der Waals surface area (Å²) in [6, 6.07) is 2.80. The maximum Gasteiger partial charge on any atom is 0.416 e. The summed E-state index contributed by atoms with van der Waals surface area (Å²) >= 11 is 0. The molecule has 3 N–H and O–H groups in total. The van der Waals surface area contributed by atoms with E-state index in [0.717, 1.165) is 25.0 Å². The topological polar surface area (TPSA) is 50.4 Å². The van der Waals surface area contributed by atoms with Crippen LogP contribution >= 0.6 is 0 Å². The summed E-state index contributed by atoms with van der Waals surface area (Å²) in [6.07, 6.45) is -2.63. The molecule has 1 fully saturated rings. The molecule has 19 heavy (non-hydrogen) atoms. The molecule has 2 rings (SSSR count). The summed E-state index contributed by atoms with van der Waals surface area (Å²) in [4.78, 5) is 3.84. The van der Waals surface area contributed by atoms with Gasteiger partial charge in [-0.2, -0.15) is 13.2 Å². The first-order valence-corrected chi connectivity index (χ1v) is 5.78. The van der Waals surface area contributed by atoms with Gasteiger partial charge in [-0.25, -0.2) is 9.38 Å². The number of nitrogens with zero attached hydrogens (tertiary/aromatic N) is 1. The molecule has 0 bridgehead atoms. The summed E-state index contributed by atoms with van der Waals surface area (Å²) in [6.45, 7) is -0.235. The molecule has 104 valence electrons. The van der Waals surface area contributed by atoms with E-state index < -0.39 is 17.6 Å². The molecule has 1 aromatic rings. The number of aliphatic imine (C=N–C) groups is 1. The lowest BCUT2D eigenvalue weighted by Gasteiger charge is -2.12. The Labute approximate surface area is 107 Å². The number of halogens is 4. The highest BCUT2D eigenvalue weighted by atomic mass is 19.4. The second-order valence-corrected chi connectivity index (χ2v) is 4.42. The Kier molecular flexibility index (Phi) is 3.64. The minimum absolute atomic E-state index is 0.102. The van der Waals surface area contributed by atoms with Crippen LogP contribution in [0.1, 0.15) is 24.0 Å². The van der Waals surface area contributed by atoms with Crippen LogP contribution < -0.4 is 11.1 Å². The van der Waals surface area contributed by atoms with E-state index in [1.54, 1.807) is 0 Å². The van der Waals surface area contributed by atoms with Crippen molar-refractivity contribution in [1.29, 1.82) is 0 Å². The Bertz CT molecular complexity index is 492. The van der Waals surface area contributed by atoms with Crippen LogP contribution in [-0.4, -0.2) is 12.0 Å². The van der Waals surface area contributed by atoms with E-state index in [-0.39, 0.29) is 24.1 Å². The number of rotatable bonds is 3. The smallest absolute Gasteiger partial charge is 0.370 e. The standard InChI is InChI=1S/C12H13F4N3/c13-8-2-1-7(10(5-8)12(14,15)16)6-18-11(17)19-9-3-4-9/h1-2,5,9H,3-4,6H2,(H3,17,18,19). The number of hydrogen-bond acceptors (Lipinski definition) is 1. The van der Waals surface area contributed by atoms with Crippen molar-refractivity contribution in [3.05, 3.63) is 35.1 Å². The van der Waals surface area contributed by atoms with Crippen LogP contribution in [0, 0.1) is 5.82 Å². The van der Waals surface area contributed by atoms with Gasteiger partial charge >= 0.3 is 6.18 Å². The Balaban J connectivity index is 2.14. The summed E-state index contributed by atoms with van der Waals surface area (Å²) in [5.41, 5.74) is 4.41. The molecule has 0 saturated heterocycles. The minimum atomic E-state index is -4.61. The molecule has 0 radical (unpaired) electrons. The summed E-state index contributed by atoms with van der Waals surface area (Å²) in [5.74, 6) is -0.816. The summed E-state index contributed by atoms with van der Waals surface area (Å²) in [5, 5.41) is 2.87. The normalized spacial score (nSPS) is 16.5. The van der Waals surface area contributed by atoms with E-state index in [1.807, 2.05) is 0 Å². The van der Waals surface area contributed by atoms with Gasteiger partial charge in [0.05, 0.1) is 12.1 Å². The third-order valence-corrected chi connectivity index (χ3v) is 2.73. The van der Waals surface area contributed by atoms with Gasteiger partial charge in [-0.15, -0.1) is 0 Å². The maximum absolute atomic E-state index is 12.9. The SMILES string of the molecule is NC(=NCc1ccc(F)cc1C(F)(F)F)NC1CC1. The molecule has 0 amide bonds. The average molecular weight is 275 g/mol. The van der Waals surface area contributed by atoms with Crippen LogP contribution in [0.3, 0.4) is 0 Å². The van der Waals surface area contributed by atoms with Crippen molar-refractivity contribution >= 4 is 5.96 Å². The molecule has 0 unspecified atom stereocenters. The van der Waals surface area contributed by atoms with Crippen molar-refractivity contribution in [2.45, 2.75) is 31.6 Å². The number of nitrogens with two attached hydrogens (primary N) is 1. The van der Waals surface area contributed by atoms with E-state index in [2.05, 4.69) is 10.3 Å². The van der Waals surface area contributed by atoms with Crippen LogP contribution in [0.5, 0.6) is 0 Å². The molecule has 1 aliphatic rings. The number of nitrogens with one attached hydrogen (secondary N) is 1. The zero-order valence-electron chi connectivity index (χ0n) is 9.97. The minimum Gasteiger partial charge on any atom is -0.370 e. The molecule has 7 heteroatoms. The third kappa shape index (κ3) is 3.84. The molecule has 1 saturated carbocycles. The van der Waals surface area contributed by atoms with Crippen molar-refractivity contribution in [2.24, 2.45) is 10.7 Å². The number of guanidine groups is 1. The third-order valence-electron chi connectivity index (χ3n) is 2.73. The molecule has 0 atom stereocenters. The van der Waals surface area contributed by atoms with E-state index in [4.69, 9.17) is 5.73 Å². The largest absolute Gasteiger partial charge is 0.416 e. The van der Waals surface area contributed by atoms with Crippen molar-refractivity contribution in [3.8, 4) is 0 Å². The van der Waals surface area contributed by atoms with Crippen LogP contribution in [0.4, 0.5) is 17.6 Å². The fourth-order valence-electron chi connectivity index (χ4n) is 1.60. The lowest BCUT2D eigenvalue weighted by molar-refractivity contribution is -0.138. The number of alkyl halides is 3. The molecule has 0 aromatic heterocycles. The first kappa shape index (κ1) is 13.6. The molecular formula is C12H13F4N3. The molecule has 0 spiro atoms. The van der Waals surface area contributed by atoms with Gasteiger partial charge in [-0.3, -0.25) is 0 Å².